The van der Waals surface area contributed by atoms with Crippen molar-refractivity contribution in [3.05, 3.63) is 71.1 Å². The van der Waals surface area contributed by atoms with Crippen molar-refractivity contribution in [3.63, 3.8) is 0 Å². The number of ether oxygens (including phenoxy) is 1. The van der Waals surface area contributed by atoms with Crippen LogP contribution in [0.3, 0.4) is 0 Å². The minimum absolute atomic E-state index is 0.0208. The van der Waals surface area contributed by atoms with E-state index in [0.717, 1.165) is 5.56 Å². The quantitative estimate of drug-likeness (QED) is 0.528. The summed E-state index contributed by atoms with van der Waals surface area (Å²) in [4.78, 5) is 12.6. The minimum atomic E-state index is -3.90. The second kappa shape index (κ2) is 9.86. The molecule has 1 N–H and O–H groups in total. The zero-order chi connectivity index (χ0) is 23.3. The van der Waals surface area contributed by atoms with Gasteiger partial charge in [0.25, 0.3) is 10.0 Å². The predicted molar refractivity (Wildman–Crippen MR) is 121 cm³/mol. The molecule has 0 unspecified atom stereocenters. The number of aryl methyl sites for hydroxylation is 3. The molecule has 0 bridgehead atoms. The first-order valence-corrected chi connectivity index (χ1v) is 11.6. The standard InChI is InChI=1S/C23H27N3O5S/c1-16-5-10-22(17(2)13-16)32(28,29)26(20-6-8-21(30-4)9-7-20)12-11-23(27)24-15-19-14-18(3)31-25-19/h5-10,13-14H,11-12,15H2,1-4H3,(H,24,27). The van der Waals surface area contributed by atoms with E-state index in [9.17, 15) is 13.2 Å². The highest BCUT2D eigenvalue weighted by molar-refractivity contribution is 7.92. The van der Waals surface area contributed by atoms with Crippen LogP contribution in [0.5, 0.6) is 5.75 Å². The number of nitrogens with zero attached hydrogens (tertiary/aromatic N) is 2. The number of rotatable bonds is 9. The Balaban J connectivity index is 1.82. The molecule has 9 heteroatoms. The molecule has 0 saturated carbocycles. The van der Waals surface area contributed by atoms with Crippen molar-refractivity contribution < 1.29 is 22.5 Å². The van der Waals surface area contributed by atoms with Crippen LogP contribution in [0.1, 0.15) is 29.0 Å². The average molecular weight is 458 g/mol. The van der Waals surface area contributed by atoms with Crippen LogP contribution in [0.2, 0.25) is 0 Å². The van der Waals surface area contributed by atoms with E-state index in [1.807, 2.05) is 13.0 Å². The van der Waals surface area contributed by atoms with Crippen molar-refractivity contribution in [1.29, 1.82) is 0 Å². The van der Waals surface area contributed by atoms with Crippen molar-refractivity contribution >= 4 is 21.6 Å². The molecular formula is C23H27N3O5S. The molecule has 0 spiro atoms. The molecule has 0 aliphatic heterocycles. The maximum Gasteiger partial charge on any atom is 0.264 e. The lowest BCUT2D eigenvalue weighted by atomic mass is 10.2. The molecule has 1 aromatic heterocycles. The fraction of sp³-hybridized carbons (Fsp3) is 0.304. The van der Waals surface area contributed by atoms with Crippen LogP contribution < -0.4 is 14.4 Å². The maximum atomic E-state index is 13.6. The SMILES string of the molecule is COc1ccc(N(CCC(=O)NCc2cc(C)on2)S(=O)(=O)c2ccc(C)cc2C)cc1. The summed E-state index contributed by atoms with van der Waals surface area (Å²) in [7, 11) is -2.35. The van der Waals surface area contributed by atoms with E-state index in [1.165, 1.54) is 4.31 Å². The molecule has 3 rings (SSSR count). The third-order valence-corrected chi connectivity index (χ3v) is 6.93. The summed E-state index contributed by atoms with van der Waals surface area (Å²) in [5.74, 6) is 0.970. The van der Waals surface area contributed by atoms with Crippen molar-refractivity contribution in [1.82, 2.24) is 10.5 Å². The van der Waals surface area contributed by atoms with Crippen molar-refractivity contribution in [2.75, 3.05) is 18.0 Å². The van der Waals surface area contributed by atoms with E-state index in [4.69, 9.17) is 9.26 Å². The first-order chi connectivity index (χ1) is 15.2. The normalized spacial score (nSPS) is 11.2. The Hall–Kier alpha value is -3.33. The van der Waals surface area contributed by atoms with Gasteiger partial charge in [0.05, 0.1) is 24.2 Å². The lowest BCUT2D eigenvalue weighted by molar-refractivity contribution is -0.121. The summed E-state index contributed by atoms with van der Waals surface area (Å²) in [5, 5.41) is 6.58. The molecule has 0 atom stereocenters. The van der Waals surface area contributed by atoms with Crippen molar-refractivity contribution in [2.45, 2.75) is 38.6 Å². The highest BCUT2D eigenvalue weighted by Crippen LogP contribution is 2.28. The molecule has 32 heavy (non-hydrogen) atoms. The minimum Gasteiger partial charge on any atom is -0.497 e. The number of carbonyl (C=O) groups excluding carboxylic acids is 1. The zero-order valence-corrected chi connectivity index (χ0v) is 19.4. The molecule has 0 saturated heterocycles. The number of nitrogens with one attached hydrogen (secondary N) is 1. The van der Waals surface area contributed by atoms with Crippen LogP contribution in [0.4, 0.5) is 5.69 Å². The number of hydrogen-bond donors (Lipinski definition) is 1. The van der Waals surface area contributed by atoms with Gasteiger partial charge >= 0.3 is 0 Å². The summed E-state index contributed by atoms with van der Waals surface area (Å²) >= 11 is 0. The maximum absolute atomic E-state index is 13.6. The zero-order valence-electron chi connectivity index (χ0n) is 18.6. The Morgan fingerprint density at radius 3 is 2.41 bits per heavy atom. The number of anilines is 1. The number of aromatic nitrogens is 1. The molecule has 1 heterocycles. The summed E-state index contributed by atoms with van der Waals surface area (Å²) in [6.07, 6.45) is -0.0208. The highest BCUT2D eigenvalue weighted by Gasteiger charge is 2.27. The summed E-state index contributed by atoms with van der Waals surface area (Å²) < 4.78 is 38.5. The molecule has 170 valence electrons. The molecule has 0 fully saturated rings. The number of sulfonamides is 1. The Morgan fingerprint density at radius 1 is 1.09 bits per heavy atom. The van der Waals surface area contributed by atoms with Gasteiger partial charge in [0, 0.05) is 19.0 Å². The van der Waals surface area contributed by atoms with Gasteiger partial charge in [-0.25, -0.2) is 8.42 Å². The number of carbonyl (C=O) groups is 1. The second-order valence-corrected chi connectivity index (χ2v) is 9.33. The van der Waals surface area contributed by atoms with E-state index in [-0.39, 0.29) is 30.3 Å². The fourth-order valence-corrected chi connectivity index (χ4v) is 5.00. The van der Waals surface area contributed by atoms with Gasteiger partial charge in [0.15, 0.2) is 0 Å². The largest absolute Gasteiger partial charge is 0.497 e. The van der Waals surface area contributed by atoms with Gasteiger partial charge in [-0.15, -0.1) is 0 Å². The van der Waals surface area contributed by atoms with Crippen LogP contribution in [-0.2, 0) is 21.4 Å². The molecule has 0 aliphatic rings. The van der Waals surface area contributed by atoms with Crippen LogP contribution in [-0.4, -0.2) is 33.1 Å². The first-order valence-electron chi connectivity index (χ1n) is 10.1. The van der Waals surface area contributed by atoms with Gasteiger partial charge in [-0.05, 0) is 56.7 Å². The van der Waals surface area contributed by atoms with E-state index in [0.29, 0.717) is 28.5 Å². The van der Waals surface area contributed by atoms with Gasteiger partial charge in [-0.3, -0.25) is 9.10 Å². The number of hydrogen-bond acceptors (Lipinski definition) is 6. The third-order valence-electron chi connectivity index (χ3n) is 4.94. The molecular weight excluding hydrogens is 430 g/mol. The molecule has 3 aromatic rings. The monoisotopic (exact) mass is 457 g/mol. The summed E-state index contributed by atoms with van der Waals surface area (Å²) in [6, 6.07) is 13.6. The third kappa shape index (κ3) is 5.47. The fourth-order valence-electron chi connectivity index (χ4n) is 3.33. The molecule has 2 aromatic carbocycles. The predicted octanol–water partition coefficient (Wildman–Crippen LogP) is 3.51. The van der Waals surface area contributed by atoms with E-state index >= 15 is 0 Å². The van der Waals surface area contributed by atoms with Crippen molar-refractivity contribution in [3.8, 4) is 5.75 Å². The molecule has 0 radical (unpaired) electrons. The van der Waals surface area contributed by atoms with Crippen LogP contribution in [0, 0.1) is 20.8 Å². The van der Waals surface area contributed by atoms with Crippen LogP contribution in [0.15, 0.2) is 57.9 Å². The van der Waals surface area contributed by atoms with E-state index < -0.39 is 10.0 Å². The van der Waals surface area contributed by atoms with Gasteiger partial charge in [0.2, 0.25) is 5.91 Å². The second-order valence-electron chi connectivity index (χ2n) is 7.50. The topological polar surface area (TPSA) is 102 Å². The smallest absolute Gasteiger partial charge is 0.264 e. The Morgan fingerprint density at radius 2 is 1.81 bits per heavy atom. The Bertz CT molecular complexity index is 1190. The van der Waals surface area contributed by atoms with Crippen LogP contribution >= 0.6 is 0 Å². The number of amides is 1. The summed E-state index contributed by atoms with van der Waals surface area (Å²) in [6.45, 7) is 5.63. The number of benzene rings is 2. The molecule has 8 nitrogen and oxygen atoms in total. The highest BCUT2D eigenvalue weighted by atomic mass is 32.2. The van der Waals surface area contributed by atoms with Crippen molar-refractivity contribution in [2.24, 2.45) is 0 Å². The first kappa shape index (κ1) is 23.3. The Kier molecular flexibility index (Phi) is 7.19. The molecule has 1 amide bonds. The number of methoxy groups -OCH3 is 1. The van der Waals surface area contributed by atoms with Gasteiger partial charge in [-0.1, -0.05) is 22.9 Å². The van der Waals surface area contributed by atoms with Gasteiger partial charge in [-0.2, -0.15) is 0 Å². The molecule has 0 aliphatic carbocycles. The van der Waals surface area contributed by atoms with E-state index in [1.54, 1.807) is 63.4 Å². The average Bonchev–Trinajstić information content (AvgIpc) is 3.17. The van der Waals surface area contributed by atoms with Gasteiger partial charge in [0.1, 0.15) is 17.2 Å². The summed E-state index contributed by atoms with van der Waals surface area (Å²) in [5.41, 5.74) is 2.67. The lowest BCUT2D eigenvalue weighted by Gasteiger charge is -2.25. The Labute approximate surface area is 188 Å². The van der Waals surface area contributed by atoms with Gasteiger partial charge < -0.3 is 14.6 Å². The van der Waals surface area contributed by atoms with E-state index in [2.05, 4.69) is 10.5 Å². The lowest BCUT2D eigenvalue weighted by Crippen LogP contribution is -2.35. The van der Waals surface area contributed by atoms with Crippen LogP contribution in [0.25, 0.3) is 0 Å².